The van der Waals surface area contributed by atoms with Gasteiger partial charge in [0.25, 0.3) is 0 Å². The number of nitrogens with zero attached hydrogens (tertiary/aromatic N) is 2. The summed E-state index contributed by atoms with van der Waals surface area (Å²) in [6.45, 7) is 7.71. The van der Waals surface area contributed by atoms with E-state index in [1.807, 2.05) is 44.2 Å². The van der Waals surface area contributed by atoms with Crippen LogP contribution in [0.2, 0.25) is 0 Å². The molecule has 5 nitrogen and oxygen atoms in total. The number of hydrogen-bond donors (Lipinski definition) is 1. The van der Waals surface area contributed by atoms with Gasteiger partial charge in [0, 0.05) is 12.2 Å². The molecule has 0 radical (unpaired) electrons. The summed E-state index contributed by atoms with van der Waals surface area (Å²) < 4.78 is 0. The number of urea groups is 1. The Morgan fingerprint density at radius 2 is 1.77 bits per heavy atom. The van der Waals surface area contributed by atoms with Gasteiger partial charge in [0.1, 0.15) is 0 Å². The van der Waals surface area contributed by atoms with Gasteiger partial charge in [-0.2, -0.15) is 0 Å². The maximum absolute atomic E-state index is 12.7. The van der Waals surface area contributed by atoms with E-state index in [2.05, 4.69) is 0 Å². The van der Waals surface area contributed by atoms with Crippen molar-refractivity contribution in [1.82, 2.24) is 4.90 Å². The zero-order valence-corrected chi connectivity index (χ0v) is 13.6. The van der Waals surface area contributed by atoms with Gasteiger partial charge in [-0.1, -0.05) is 39.0 Å². The monoisotopic (exact) mass is 304 g/mol. The lowest BCUT2D eigenvalue weighted by Crippen LogP contribution is -2.46. The fourth-order valence-electron chi connectivity index (χ4n) is 2.63. The second-order valence-corrected chi connectivity index (χ2v) is 6.28. The number of carbonyl (C=O) groups excluding carboxylic acids is 2. The van der Waals surface area contributed by atoms with Crippen molar-refractivity contribution in [2.45, 2.75) is 39.8 Å². The maximum Gasteiger partial charge on any atom is 0.331 e. The fourth-order valence-corrected chi connectivity index (χ4v) is 2.63. The summed E-state index contributed by atoms with van der Waals surface area (Å²) in [5.74, 6) is -0.749. The predicted molar refractivity (Wildman–Crippen MR) is 85.5 cm³/mol. The van der Waals surface area contributed by atoms with Crippen molar-refractivity contribution in [3.05, 3.63) is 30.3 Å². The van der Waals surface area contributed by atoms with Gasteiger partial charge >= 0.3 is 6.03 Å². The third-order valence-electron chi connectivity index (χ3n) is 4.33. The molecule has 1 aromatic rings. The second-order valence-electron chi connectivity index (χ2n) is 6.28. The van der Waals surface area contributed by atoms with Crippen LogP contribution in [0.1, 0.15) is 27.7 Å². The van der Waals surface area contributed by atoms with E-state index in [0.717, 1.165) is 5.69 Å². The number of rotatable bonds is 4. The van der Waals surface area contributed by atoms with Crippen LogP contribution in [0.25, 0.3) is 0 Å². The molecule has 0 aromatic heterocycles. The number of anilines is 1. The van der Waals surface area contributed by atoms with Crippen molar-refractivity contribution in [1.29, 1.82) is 0 Å². The minimum atomic E-state index is -0.779. The van der Waals surface area contributed by atoms with E-state index in [9.17, 15) is 14.7 Å². The third kappa shape index (κ3) is 2.99. The number of benzene rings is 1. The van der Waals surface area contributed by atoms with Crippen LogP contribution >= 0.6 is 0 Å². The first-order valence-corrected chi connectivity index (χ1v) is 7.72. The molecule has 1 heterocycles. The van der Waals surface area contributed by atoms with Gasteiger partial charge in [-0.15, -0.1) is 0 Å². The first-order valence-electron chi connectivity index (χ1n) is 7.72. The Morgan fingerprint density at radius 1 is 1.18 bits per heavy atom. The van der Waals surface area contributed by atoms with E-state index in [0.29, 0.717) is 6.54 Å². The number of carbonyl (C=O) groups is 2. The van der Waals surface area contributed by atoms with Gasteiger partial charge in [-0.25, -0.2) is 4.79 Å². The lowest BCUT2D eigenvalue weighted by Gasteiger charge is -2.27. The molecule has 3 amide bonds. The molecular formula is C17H24N2O3. The molecule has 5 heteroatoms. The van der Waals surface area contributed by atoms with Crippen LogP contribution in [-0.2, 0) is 4.79 Å². The summed E-state index contributed by atoms with van der Waals surface area (Å²) in [4.78, 5) is 28.3. The normalized spacial score (nSPS) is 21.4. The SMILES string of the molecule is CC(C)[C@H]1CN(c2ccccc2)C(=O)N1C(=O)[C@@H](C)[C@@H](C)O. The predicted octanol–water partition coefficient (Wildman–Crippen LogP) is 2.50. The van der Waals surface area contributed by atoms with E-state index in [4.69, 9.17) is 0 Å². The van der Waals surface area contributed by atoms with Gasteiger partial charge in [0.05, 0.1) is 18.1 Å². The van der Waals surface area contributed by atoms with Crippen LogP contribution in [0.15, 0.2) is 30.3 Å². The maximum atomic E-state index is 12.7. The minimum Gasteiger partial charge on any atom is -0.393 e. The van der Waals surface area contributed by atoms with Crippen molar-refractivity contribution < 1.29 is 14.7 Å². The Bertz CT molecular complexity index is 542. The topological polar surface area (TPSA) is 60.9 Å². The highest BCUT2D eigenvalue weighted by atomic mass is 16.3. The molecule has 0 bridgehead atoms. The molecule has 0 aliphatic carbocycles. The summed E-state index contributed by atoms with van der Waals surface area (Å²) in [6.07, 6.45) is -0.779. The Balaban J connectivity index is 2.31. The quantitative estimate of drug-likeness (QED) is 0.929. The van der Waals surface area contributed by atoms with Crippen molar-refractivity contribution in [2.75, 3.05) is 11.4 Å². The Hall–Kier alpha value is -1.88. The smallest absolute Gasteiger partial charge is 0.331 e. The largest absolute Gasteiger partial charge is 0.393 e. The fraction of sp³-hybridized carbons (Fsp3) is 0.529. The molecule has 1 aromatic carbocycles. The van der Waals surface area contributed by atoms with E-state index >= 15 is 0 Å². The van der Waals surface area contributed by atoms with Crippen LogP contribution < -0.4 is 4.90 Å². The zero-order chi connectivity index (χ0) is 16.4. The summed E-state index contributed by atoms with van der Waals surface area (Å²) >= 11 is 0. The first-order chi connectivity index (χ1) is 10.3. The van der Waals surface area contributed by atoms with Crippen LogP contribution in [0.5, 0.6) is 0 Å². The van der Waals surface area contributed by atoms with E-state index < -0.39 is 12.0 Å². The van der Waals surface area contributed by atoms with Gasteiger partial charge in [-0.05, 0) is 25.0 Å². The van der Waals surface area contributed by atoms with Crippen molar-refractivity contribution >= 4 is 17.6 Å². The summed E-state index contributed by atoms with van der Waals surface area (Å²) in [5, 5.41) is 9.67. The Labute approximate surface area is 131 Å². The van der Waals surface area contributed by atoms with Crippen molar-refractivity contribution in [2.24, 2.45) is 11.8 Å². The Kier molecular flexibility index (Phi) is 4.86. The molecule has 22 heavy (non-hydrogen) atoms. The van der Waals surface area contributed by atoms with Gasteiger partial charge in [0.2, 0.25) is 5.91 Å². The zero-order valence-electron chi connectivity index (χ0n) is 13.6. The molecule has 0 unspecified atom stereocenters. The number of imide groups is 1. The van der Waals surface area contributed by atoms with Crippen LogP contribution in [0, 0.1) is 11.8 Å². The molecule has 0 spiro atoms. The lowest BCUT2D eigenvalue weighted by molar-refractivity contribution is -0.136. The van der Waals surface area contributed by atoms with E-state index in [1.54, 1.807) is 18.7 Å². The highest BCUT2D eigenvalue weighted by Gasteiger charge is 2.44. The first kappa shape index (κ1) is 16.5. The van der Waals surface area contributed by atoms with E-state index in [1.165, 1.54) is 4.90 Å². The van der Waals surface area contributed by atoms with Crippen molar-refractivity contribution in [3.63, 3.8) is 0 Å². The average Bonchev–Trinajstić information content (AvgIpc) is 2.84. The van der Waals surface area contributed by atoms with E-state index in [-0.39, 0.29) is 23.9 Å². The summed E-state index contributed by atoms with van der Waals surface area (Å²) in [5.41, 5.74) is 0.790. The number of amides is 3. The minimum absolute atomic E-state index is 0.155. The molecule has 0 saturated carbocycles. The van der Waals surface area contributed by atoms with Gasteiger partial charge < -0.3 is 5.11 Å². The van der Waals surface area contributed by atoms with Crippen LogP contribution in [0.3, 0.4) is 0 Å². The molecule has 2 rings (SSSR count). The lowest BCUT2D eigenvalue weighted by atomic mass is 10.00. The Morgan fingerprint density at radius 3 is 2.27 bits per heavy atom. The second kappa shape index (κ2) is 6.48. The molecule has 3 atom stereocenters. The van der Waals surface area contributed by atoms with Gasteiger partial charge in [-0.3, -0.25) is 14.6 Å². The number of aliphatic hydroxyl groups is 1. The van der Waals surface area contributed by atoms with Gasteiger partial charge in [0.15, 0.2) is 0 Å². The highest BCUT2D eigenvalue weighted by Crippen LogP contribution is 2.29. The standard InChI is InChI=1S/C17H24N2O3/c1-11(2)15-10-18(14-8-6-5-7-9-14)17(22)19(15)16(21)12(3)13(4)20/h5-9,11-13,15,20H,10H2,1-4H3/t12-,13+,15+/m0/s1. The molecule has 1 N–H and O–H groups in total. The molecule has 1 aliphatic heterocycles. The van der Waals surface area contributed by atoms with Crippen molar-refractivity contribution in [3.8, 4) is 0 Å². The molecule has 1 fully saturated rings. The third-order valence-corrected chi connectivity index (χ3v) is 4.33. The number of para-hydroxylation sites is 1. The van der Waals surface area contributed by atoms with Crippen LogP contribution in [-0.4, -0.2) is 40.6 Å². The van der Waals surface area contributed by atoms with Crippen LogP contribution in [0.4, 0.5) is 10.5 Å². The summed E-state index contributed by atoms with van der Waals surface area (Å²) in [6, 6.07) is 8.88. The molecule has 120 valence electrons. The summed E-state index contributed by atoms with van der Waals surface area (Å²) in [7, 11) is 0. The number of hydrogen-bond acceptors (Lipinski definition) is 3. The molecule has 1 saturated heterocycles. The average molecular weight is 304 g/mol. The number of aliphatic hydroxyl groups excluding tert-OH is 1. The molecular weight excluding hydrogens is 280 g/mol. The molecule has 1 aliphatic rings. The highest BCUT2D eigenvalue weighted by molar-refractivity contribution is 6.05.